The van der Waals surface area contributed by atoms with Crippen molar-refractivity contribution in [3.8, 4) is 22.3 Å². The van der Waals surface area contributed by atoms with Gasteiger partial charge in [0.15, 0.2) is 0 Å². The summed E-state index contributed by atoms with van der Waals surface area (Å²) in [6.45, 7) is 0. The third-order valence-corrected chi connectivity index (χ3v) is 15.6. The van der Waals surface area contributed by atoms with Crippen LogP contribution in [0.15, 0.2) is 176 Å². The highest BCUT2D eigenvalue weighted by Crippen LogP contribution is 2.66. The smallest absolute Gasteiger partial charge is 0.0737 e. The Morgan fingerprint density at radius 1 is 0.355 bits per heavy atom. The molecule has 2 saturated carbocycles. The maximum Gasteiger partial charge on any atom is 0.0737 e. The minimum atomic E-state index is -0.480. The summed E-state index contributed by atoms with van der Waals surface area (Å²) in [6.07, 6.45) is 13.4. The Labute approximate surface area is 365 Å². The fraction of sp³-hybridized carbons (Fsp3) is 0.213. The van der Waals surface area contributed by atoms with Crippen LogP contribution in [0.3, 0.4) is 0 Å². The van der Waals surface area contributed by atoms with E-state index in [4.69, 9.17) is 0 Å². The second-order valence-electron chi connectivity index (χ2n) is 18.8. The standard InChI is InChI=1S/C61H51N/c1-3-15-40(16-4-1)42-27-32-45(33-28-42)62(46-34-29-43(30-35-46)41-17-5-2-6-18-41)47-36-38-48-44(39-47)31-37-55-58-53-23-9-7-19-49(53)50-20-8-10-24-54(50)60(58)61(59(48)55)56-25-13-11-21-51(56)52-22-12-14-26-57(52)61/h7-14,19-41H,1-6,15-18H2. The van der Waals surface area contributed by atoms with Gasteiger partial charge in [0.2, 0.25) is 0 Å². The van der Waals surface area contributed by atoms with Gasteiger partial charge in [-0.15, -0.1) is 0 Å². The minimum absolute atomic E-state index is 0.480. The van der Waals surface area contributed by atoms with Gasteiger partial charge in [-0.25, -0.2) is 0 Å². The molecular weight excluding hydrogens is 747 g/mol. The van der Waals surface area contributed by atoms with E-state index in [9.17, 15) is 0 Å². The molecule has 0 aromatic heterocycles. The molecule has 9 aromatic rings. The predicted octanol–water partition coefficient (Wildman–Crippen LogP) is 17.1. The summed E-state index contributed by atoms with van der Waals surface area (Å²) in [5.74, 6) is 1.36. The van der Waals surface area contributed by atoms with Crippen LogP contribution in [0.25, 0.3) is 54.6 Å². The van der Waals surface area contributed by atoms with Crippen molar-refractivity contribution in [1.82, 2.24) is 0 Å². The Balaban J connectivity index is 1.04. The number of nitrogens with zero attached hydrogens (tertiary/aromatic N) is 1. The molecule has 1 nitrogen and oxygen atoms in total. The van der Waals surface area contributed by atoms with Crippen molar-refractivity contribution in [3.63, 3.8) is 0 Å². The quantitative estimate of drug-likeness (QED) is 0.157. The third-order valence-electron chi connectivity index (χ3n) is 15.6. The number of anilines is 3. The van der Waals surface area contributed by atoms with Gasteiger partial charge < -0.3 is 4.90 Å². The topological polar surface area (TPSA) is 3.24 Å². The number of rotatable bonds is 5. The van der Waals surface area contributed by atoms with E-state index in [0.29, 0.717) is 11.8 Å². The van der Waals surface area contributed by atoms with E-state index in [1.807, 2.05) is 0 Å². The molecule has 0 amide bonds. The minimum Gasteiger partial charge on any atom is -0.310 e. The van der Waals surface area contributed by atoms with Crippen molar-refractivity contribution in [1.29, 1.82) is 0 Å². The molecule has 9 aromatic carbocycles. The first-order valence-corrected chi connectivity index (χ1v) is 23.5. The number of hydrogen-bond donors (Lipinski definition) is 0. The van der Waals surface area contributed by atoms with Crippen molar-refractivity contribution in [2.24, 2.45) is 0 Å². The summed E-state index contributed by atoms with van der Waals surface area (Å²) >= 11 is 0. The zero-order chi connectivity index (χ0) is 40.8. The van der Waals surface area contributed by atoms with Crippen LogP contribution in [-0.4, -0.2) is 0 Å². The summed E-state index contributed by atoms with van der Waals surface area (Å²) in [4.78, 5) is 2.51. The molecular formula is C61H51N. The van der Waals surface area contributed by atoms with Crippen molar-refractivity contribution in [2.75, 3.05) is 4.90 Å². The predicted molar refractivity (Wildman–Crippen MR) is 262 cm³/mol. The molecule has 0 aliphatic heterocycles. The molecule has 300 valence electrons. The van der Waals surface area contributed by atoms with Gasteiger partial charge >= 0.3 is 0 Å². The average Bonchev–Trinajstić information content (AvgIpc) is 3.83. The van der Waals surface area contributed by atoms with Gasteiger partial charge in [-0.05, 0) is 162 Å². The molecule has 0 N–H and O–H groups in total. The van der Waals surface area contributed by atoms with E-state index < -0.39 is 5.41 Å². The van der Waals surface area contributed by atoms with E-state index in [-0.39, 0.29) is 0 Å². The summed E-state index contributed by atoms with van der Waals surface area (Å²) in [5.41, 5.74) is 17.2. The van der Waals surface area contributed by atoms with Gasteiger partial charge in [-0.1, -0.05) is 178 Å². The van der Waals surface area contributed by atoms with Gasteiger partial charge in [-0.3, -0.25) is 0 Å². The van der Waals surface area contributed by atoms with Crippen molar-refractivity contribution >= 4 is 49.4 Å². The Morgan fingerprint density at radius 2 is 0.839 bits per heavy atom. The zero-order valence-electron chi connectivity index (χ0n) is 35.4. The lowest BCUT2D eigenvalue weighted by atomic mass is 9.68. The molecule has 2 fully saturated rings. The van der Waals surface area contributed by atoms with Gasteiger partial charge in [0.05, 0.1) is 5.41 Å². The molecule has 0 heterocycles. The largest absolute Gasteiger partial charge is 0.310 e. The van der Waals surface area contributed by atoms with Crippen molar-refractivity contribution < 1.29 is 0 Å². The number of hydrogen-bond acceptors (Lipinski definition) is 1. The van der Waals surface area contributed by atoms with Crippen molar-refractivity contribution in [3.05, 3.63) is 209 Å². The summed E-state index contributed by atoms with van der Waals surface area (Å²) in [7, 11) is 0. The zero-order valence-corrected chi connectivity index (χ0v) is 35.4. The maximum absolute atomic E-state index is 2.51. The lowest BCUT2D eigenvalue weighted by Gasteiger charge is -2.33. The average molecular weight is 798 g/mol. The second-order valence-corrected chi connectivity index (χ2v) is 18.8. The normalized spacial score (nSPS) is 16.7. The lowest BCUT2D eigenvalue weighted by molar-refractivity contribution is 0.443. The van der Waals surface area contributed by atoms with Crippen molar-refractivity contribution in [2.45, 2.75) is 81.5 Å². The van der Waals surface area contributed by atoms with Gasteiger partial charge in [0.1, 0.15) is 0 Å². The summed E-state index contributed by atoms with van der Waals surface area (Å²) < 4.78 is 0. The van der Waals surface area contributed by atoms with Crippen LogP contribution in [-0.2, 0) is 5.41 Å². The molecule has 0 bridgehead atoms. The van der Waals surface area contributed by atoms with E-state index in [1.54, 1.807) is 0 Å². The van der Waals surface area contributed by atoms with E-state index in [0.717, 1.165) is 0 Å². The molecule has 0 unspecified atom stereocenters. The molecule has 1 spiro atoms. The van der Waals surface area contributed by atoms with Crippen LogP contribution >= 0.6 is 0 Å². The molecule has 0 atom stereocenters. The highest BCUT2D eigenvalue weighted by atomic mass is 15.1. The van der Waals surface area contributed by atoms with E-state index in [1.165, 1.54) is 169 Å². The van der Waals surface area contributed by atoms with Crippen LogP contribution in [0.5, 0.6) is 0 Å². The Morgan fingerprint density at radius 3 is 1.42 bits per heavy atom. The Kier molecular flexibility index (Phi) is 8.37. The van der Waals surface area contributed by atoms with Crippen LogP contribution in [0.4, 0.5) is 17.1 Å². The van der Waals surface area contributed by atoms with Crippen LogP contribution in [0.1, 0.15) is 109 Å². The van der Waals surface area contributed by atoms with E-state index >= 15 is 0 Å². The number of fused-ring (bicyclic) bond motifs is 17. The Bertz CT molecular complexity index is 3090. The first-order valence-electron chi connectivity index (χ1n) is 23.5. The van der Waals surface area contributed by atoms with E-state index in [2.05, 4.69) is 181 Å². The summed E-state index contributed by atoms with van der Waals surface area (Å²) in [5, 5.41) is 7.90. The van der Waals surface area contributed by atoms with Crippen LogP contribution in [0.2, 0.25) is 0 Å². The lowest BCUT2D eigenvalue weighted by Crippen LogP contribution is -2.26. The molecule has 4 aliphatic carbocycles. The fourth-order valence-corrected chi connectivity index (χ4v) is 12.9. The molecule has 13 rings (SSSR count). The third kappa shape index (κ3) is 5.27. The van der Waals surface area contributed by atoms with Gasteiger partial charge in [0.25, 0.3) is 0 Å². The van der Waals surface area contributed by atoms with Crippen LogP contribution in [0, 0.1) is 0 Å². The molecule has 4 aliphatic rings. The SMILES string of the molecule is c1ccc2c(c1)-c1ccccc1C21c2c(ccc3cc(N(c4ccc(C5CCCCC5)cc4)c4ccc(C5CCCCC5)cc4)ccc23)-c2c1c1ccccc1c1ccccc21. The van der Waals surface area contributed by atoms with Gasteiger partial charge in [0, 0.05) is 17.1 Å². The molecule has 1 heteroatoms. The molecule has 0 saturated heterocycles. The highest BCUT2D eigenvalue weighted by Gasteiger charge is 2.53. The van der Waals surface area contributed by atoms with Gasteiger partial charge in [-0.2, -0.15) is 0 Å². The summed E-state index contributed by atoms with van der Waals surface area (Å²) in [6, 6.07) is 68.2. The second kappa shape index (κ2) is 14.3. The first kappa shape index (κ1) is 36.2. The van der Waals surface area contributed by atoms with Crippen LogP contribution < -0.4 is 4.90 Å². The number of benzene rings is 9. The Hall–Kier alpha value is -6.44. The highest BCUT2D eigenvalue weighted by molar-refractivity contribution is 6.21. The molecule has 0 radical (unpaired) electrons. The monoisotopic (exact) mass is 797 g/mol. The molecule has 62 heavy (non-hydrogen) atoms. The fourth-order valence-electron chi connectivity index (χ4n) is 12.9. The maximum atomic E-state index is 2.51. The first-order chi connectivity index (χ1) is 30.8.